The highest BCUT2D eigenvalue weighted by Gasteiger charge is 2.39. The first-order valence-electron chi connectivity index (χ1n) is 12.8. The third kappa shape index (κ3) is 11.4. The van der Waals surface area contributed by atoms with Crippen molar-refractivity contribution >= 4 is 12.2 Å². The van der Waals surface area contributed by atoms with Crippen LogP contribution in [0.5, 0.6) is 0 Å². The Morgan fingerprint density at radius 3 is 2.36 bits per heavy atom. The molecule has 0 spiro atoms. The summed E-state index contributed by atoms with van der Waals surface area (Å²) < 4.78 is 16.6. The van der Waals surface area contributed by atoms with Gasteiger partial charge in [0.1, 0.15) is 11.2 Å². The highest BCUT2D eigenvalue weighted by Crippen LogP contribution is 2.24. The number of carbonyl (C=O) groups excluding carboxylic acids is 2. The van der Waals surface area contributed by atoms with Gasteiger partial charge in [-0.15, -0.1) is 0 Å². The summed E-state index contributed by atoms with van der Waals surface area (Å²) in [7, 11) is 0. The lowest BCUT2D eigenvalue weighted by Crippen LogP contribution is -2.60. The maximum Gasteiger partial charge on any atom is 0.410 e. The van der Waals surface area contributed by atoms with Gasteiger partial charge in [0.2, 0.25) is 0 Å². The second-order valence-corrected chi connectivity index (χ2v) is 11.2. The minimum Gasteiger partial charge on any atom is -0.444 e. The first-order chi connectivity index (χ1) is 16.8. The van der Waals surface area contributed by atoms with Crippen LogP contribution in [0.2, 0.25) is 0 Å². The van der Waals surface area contributed by atoms with E-state index >= 15 is 0 Å². The van der Waals surface area contributed by atoms with Crippen LogP contribution in [0.3, 0.4) is 0 Å². The lowest BCUT2D eigenvalue weighted by atomic mass is 9.93. The van der Waals surface area contributed by atoms with Crippen LogP contribution in [-0.2, 0) is 20.8 Å². The molecule has 0 unspecified atom stereocenters. The Morgan fingerprint density at radius 1 is 1.06 bits per heavy atom. The smallest absolute Gasteiger partial charge is 0.410 e. The Balaban J connectivity index is 1.88. The summed E-state index contributed by atoms with van der Waals surface area (Å²) in [4.78, 5) is 26.8. The quantitative estimate of drug-likeness (QED) is 0.355. The van der Waals surface area contributed by atoms with Crippen molar-refractivity contribution in [3.8, 4) is 0 Å². The zero-order chi connectivity index (χ0) is 26.8. The van der Waals surface area contributed by atoms with Crippen LogP contribution in [-0.4, -0.2) is 64.7 Å². The molecule has 1 fully saturated rings. The first-order valence-corrected chi connectivity index (χ1v) is 12.8. The molecular weight excluding hydrogens is 460 g/mol. The molecule has 2 rings (SSSR count). The van der Waals surface area contributed by atoms with E-state index in [2.05, 4.69) is 11.4 Å². The highest BCUT2D eigenvalue weighted by molar-refractivity contribution is 5.70. The van der Waals surface area contributed by atoms with E-state index in [1.54, 1.807) is 25.7 Å². The second-order valence-electron chi connectivity index (χ2n) is 11.2. The molecule has 8 nitrogen and oxygen atoms in total. The molecule has 0 aromatic heterocycles. The van der Waals surface area contributed by atoms with Gasteiger partial charge in [-0.1, -0.05) is 42.5 Å². The molecule has 1 heterocycles. The summed E-state index contributed by atoms with van der Waals surface area (Å²) in [6.45, 7) is 12.2. The van der Waals surface area contributed by atoms with E-state index in [4.69, 9.17) is 14.2 Å². The van der Waals surface area contributed by atoms with Gasteiger partial charge < -0.3 is 29.5 Å². The van der Waals surface area contributed by atoms with Gasteiger partial charge in [-0.05, 0) is 72.8 Å². The van der Waals surface area contributed by atoms with Crippen LogP contribution < -0.4 is 5.32 Å². The number of rotatable bonds is 9. The van der Waals surface area contributed by atoms with Crippen molar-refractivity contribution < 1.29 is 28.9 Å². The maximum absolute atomic E-state index is 13.0. The first kappa shape index (κ1) is 29.6. The van der Waals surface area contributed by atoms with Crippen molar-refractivity contribution in [2.75, 3.05) is 13.2 Å². The molecule has 1 aromatic rings. The van der Waals surface area contributed by atoms with Crippen molar-refractivity contribution in [3.63, 3.8) is 0 Å². The normalized spacial score (nSPS) is 20.9. The van der Waals surface area contributed by atoms with E-state index in [1.165, 1.54) is 0 Å². The topological polar surface area (TPSA) is 97.3 Å². The SMILES string of the molecule is CC(C)(C)OC(=O)N[C@H]1CN(C(=O)OC(C)(C)C)[C@H](C/C=C/CCCOCc2ccccc2)C[C@H]1O. The fourth-order valence-corrected chi connectivity index (χ4v) is 3.86. The van der Waals surface area contributed by atoms with E-state index in [0.717, 1.165) is 18.4 Å². The monoisotopic (exact) mass is 504 g/mol. The minimum atomic E-state index is -0.805. The fraction of sp³-hybridized carbons (Fsp3) is 0.643. The summed E-state index contributed by atoms with van der Waals surface area (Å²) >= 11 is 0. The number of ether oxygens (including phenoxy) is 3. The van der Waals surface area contributed by atoms with Crippen LogP contribution in [0, 0.1) is 0 Å². The third-order valence-electron chi connectivity index (χ3n) is 5.49. The number of benzene rings is 1. The third-order valence-corrected chi connectivity index (χ3v) is 5.49. The summed E-state index contributed by atoms with van der Waals surface area (Å²) in [5.74, 6) is 0. The predicted molar refractivity (Wildman–Crippen MR) is 140 cm³/mol. The van der Waals surface area contributed by atoms with E-state index in [0.29, 0.717) is 26.1 Å². The van der Waals surface area contributed by atoms with Gasteiger partial charge in [0, 0.05) is 19.2 Å². The van der Waals surface area contributed by atoms with E-state index in [-0.39, 0.29) is 12.6 Å². The number of nitrogens with one attached hydrogen (secondary N) is 1. The molecular formula is C28H44N2O6. The Kier molecular flexibility index (Phi) is 11.2. The molecule has 1 aliphatic heterocycles. The van der Waals surface area contributed by atoms with Gasteiger partial charge in [-0.3, -0.25) is 0 Å². The molecule has 3 atom stereocenters. The molecule has 2 N–H and O–H groups in total. The predicted octanol–water partition coefficient (Wildman–Crippen LogP) is 5.19. The van der Waals surface area contributed by atoms with Gasteiger partial charge in [-0.2, -0.15) is 0 Å². The Hall–Kier alpha value is -2.58. The van der Waals surface area contributed by atoms with E-state index in [1.807, 2.05) is 57.2 Å². The number of aliphatic hydroxyl groups excluding tert-OH is 1. The van der Waals surface area contributed by atoms with Gasteiger partial charge in [0.05, 0.1) is 18.8 Å². The Morgan fingerprint density at radius 2 is 1.72 bits per heavy atom. The lowest BCUT2D eigenvalue weighted by Gasteiger charge is -2.42. The highest BCUT2D eigenvalue weighted by atomic mass is 16.6. The fourth-order valence-electron chi connectivity index (χ4n) is 3.86. The van der Waals surface area contributed by atoms with Crippen molar-refractivity contribution in [3.05, 3.63) is 48.0 Å². The molecule has 1 aliphatic rings. The van der Waals surface area contributed by atoms with Crippen LogP contribution in [0.15, 0.2) is 42.5 Å². The van der Waals surface area contributed by atoms with Gasteiger partial charge in [-0.25, -0.2) is 9.59 Å². The average Bonchev–Trinajstić information content (AvgIpc) is 2.75. The second kappa shape index (κ2) is 13.7. The Labute approximate surface area is 216 Å². The number of aliphatic hydroxyl groups is 1. The maximum atomic E-state index is 13.0. The molecule has 1 aromatic carbocycles. The molecule has 0 aliphatic carbocycles. The number of likely N-dealkylation sites (tertiary alicyclic amines) is 1. The molecule has 0 bridgehead atoms. The number of alkyl carbamates (subject to hydrolysis) is 1. The summed E-state index contributed by atoms with van der Waals surface area (Å²) in [5.41, 5.74) is -0.152. The molecule has 1 saturated heterocycles. The number of nitrogens with zero attached hydrogens (tertiary/aromatic N) is 1. The van der Waals surface area contributed by atoms with Gasteiger partial charge in [0.25, 0.3) is 0 Å². The van der Waals surface area contributed by atoms with Crippen molar-refractivity contribution in [2.45, 2.75) is 103 Å². The largest absolute Gasteiger partial charge is 0.444 e. The summed E-state index contributed by atoms with van der Waals surface area (Å²) in [6, 6.07) is 9.19. The number of amides is 2. The number of unbranched alkanes of at least 4 members (excludes halogenated alkanes) is 1. The average molecular weight is 505 g/mol. The molecule has 36 heavy (non-hydrogen) atoms. The molecule has 2 amide bonds. The number of allylic oxidation sites excluding steroid dienone is 1. The van der Waals surface area contributed by atoms with Crippen molar-refractivity contribution in [1.29, 1.82) is 0 Å². The van der Waals surface area contributed by atoms with Crippen molar-refractivity contribution in [1.82, 2.24) is 10.2 Å². The van der Waals surface area contributed by atoms with Gasteiger partial charge in [0.15, 0.2) is 0 Å². The molecule has 0 saturated carbocycles. The van der Waals surface area contributed by atoms with Gasteiger partial charge >= 0.3 is 12.2 Å². The molecule has 8 heteroatoms. The summed E-state index contributed by atoms with van der Waals surface area (Å²) in [6.07, 6.45) is 4.89. The number of hydrogen-bond acceptors (Lipinski definition) is 6. The molecule has 202 valence electrons. The van der Waals surface area contributed by atoms with Crippen LogP contribution in [0.4, 0.5) is 9.59 Å². The standard InChI is InChI=1S/C28H44N2O6/c1-27(2,3)35-25(32)29-23-19-30(26(33)36-28(4,5)6)22(18-24(23)31)16-12-7-8-13-17-34-20-21-14-10-9-11-15-21/h7,9-12,14-15,22-24,31H,8,13,16-20H2,1-6H3,(H,29,32)/b12-7+/t22-,23+,24-/m1/s1. The summed E-state index contributed by atoms with van der Waals surface area (Å²) in [5, 5.41) is 13.4. The number of carbonyl (C=O) groups is 2. The number of piperidine rings is 1. The Bertz CT molecular complexity index is 844. The van der Waals surface area contributed by atoms with E-state index < -0.39 is 35.5 Å². The molecule has 0 radical (unpaired) electrons. The zero-order valence-electron chi connectivity index (χ0n) is 22.7. The number of hydrogen-bond donors (Lipinski definition) is 2. The van der Waals surface area contributed by atoms with Crippen LogP contribution in [0.25, 0.3) is 0 Å². The van der Waals surface area contributed by atoms with Crippen LogP contribution in [0.1, 0.15) is 72.8 Å². The van der Waals surface area contributed by atoms with Crippen molar-refractivity contribution in [2.24, 2.45) is 0 Å². The lowest BCUT2D eigenvalue weighted by molar-refractivity contribution is -0.0223. The van der Waals surface area contributed by atoms with Crippen LogP contribution >= 0.6 is 0 Å². The zero-order valence-corrected chi connectivity index (χ0v) is 22.7. The minimum absolute atomic E-state index is 0.140. The van der Waals surface area contributed by atoms with E-state index in [9.17, 15) is 14.7 Å².